The van der Waals surface area contributed by atoms with Crippen molar-refractivity contribution in [1.29, 1.82) is 0 Å². The number of carbonyl (C=O) groups excluding carboxylic acids is 1. The third-order valence-corrected chi connectivity index (χ3v) is 5.47. The summed E-state index contributed by atoms with van der Waals surface area (Å²) in [6, 6.07) is 4.08. The van der Waals surface area contributed by atoms with Crippen LogP contribution in [0.5, 0.6) is 0 Å². The molecule has 2 heterocycles. The van der Waals surface area contributed by atoms with Crippen LogP contribution in [0.25, 0.3) is 0 Å². The Balaban J connectivity index is 2.05. The van der Waals surface area contributed by atoms with Crippen LogP contribution in [0.2, 0.25) is 0 Å². The molecule has 4 heteroatoms. The standard InChI is InChI=1S/C17H25NO2S/c1-4-12(2)13(3)17(20)18-9-5-7-14(18)11-15(19)16-8-6-10-21-16/h6,8,10,14-15,19H,4-5,7,9,11H2,1-3H3/b13-12-. The first-order chi connectivity index (χ1) is 10.0. The molecule has 1 saturated heterocycles. The number of amides is 1. The maximum absolute atomic E-state index is 12.6. The lowest BCUT2D eigenvalue weighted by atomic mass is 10.0. The maximum Gasteiger partial charge on any atom is 0.249 e. The van der Waals surface area contributed by atoms with E-state index in [1.54, 1.807) is 11.3 Å². The van der Waals surface area contributed by atoms with Gasteiger partial charge in [-0.05, 0) is 51.0 Å². The van der Waals surface area contributed by atoms with Crippen LogP contribution in [0.1, 0.15) is 57.4 Å². The molecule has 116 valence electrons. The molecule has 2 atom stereocenters. The van der Waals surface area contributed by atoms with Crippen molar-refractivity contribution in [2.75, 3.05) is 6.54 Å². The van der Waals surface area contributed by atoms with Gasteiger partial charge in [-0.3, -0.25) is 4.79 Å². The highest BCUT2D eigenvalue weighted by molar-refractivity contribution is 7.10. The highest BCUT2D eigenvalue weighted by atomic mass is 32.1. The largest absolute Gasteiger partial charge is 0.387 e. The molecule has 2 unspecified atom stereocenters. The molecule has 0 aliphatic carbocycles. The first-order valence-electron chi connectivity index (χ1n) is 7.73. The van der Waals surface area contributed by atoms with Crippen molar-refractivity contribution < 1.29 is 9.90 Å². The van der Waals surface area contributed by atoms with Crippen LogP contribution in [-0.4, -0.2) is 28.5 Å². The van der Waals surface area contributed by atoms with Crippen molar-refractivity contribution in [2.24, 2.45) is 0 Å². The number of likely N-dealkylation sites (tertiary alicyclic amines) is 1. The van der Waals surface area contributed by atoms with E-state index in [-0.39, 0.29) is 11.9 Å². The van der Waals surface area contributed by atoms with Gasteiger partial charge in [-0.25, -0.2) is 0 Å². The number of allylic oxidation sites excluding steroid dienone is 1. The summed E-state index contributed by atoms with van der Waals surface area (Å²) in [5.41, 5.74) is 2.03. The second-order valence-electron chi connectivity index (χ2n) is 5.82. The van der Waals surface area contributed by atoms with E-state index in [0.717, 1.165) is 41.8 Å². The minimum atomic E-state index is -0.458. The molecule has 3 nitrogen and oxygen atoms in total. The average molecular weight is 307 g/mol. The van der Waals surface area contributed by atoms with Crippen molar-refractivity contribution >= 4 is 17.2 Å². The number of rotatable bonds is 5. The number of aliphatic hydroxyl groups is 1. The molecule has 1 fully saturated rings. The second kappa shape index (κ2) is 7.23. The normalized spacial score (nSPS) is 21.3. The summed E-state index contributed by atoms with van der Waals surface area (Å²) in [6.07, 6.45) is 3.12. The zero-order chi connectivity index (χ0) is 15.4. The van der Waals surface area contributed by atoms with Crippen LogP contribution in [0.3, 0.4) is 0 Å². The number of thiophene rings is 1. The fraction of sp³-hybridized carbons (Fsp3) is 0.588. The Hall–Kier alpha value is -1.13. The summed E-state index contributed by atoms with van der Waals surface area (Å²) < 4.78 is 0. The third kappa shape index (κ3) is 3.74. The van der Waals surface area contributed by atoms with E-state index in [9.17, 15) is 9.90 Å². The molecule has 0 spiro atoms. The van der Waals surface area contributed by atoms with Gasteiger partial charge in [0.15, 0.2) is 0 Å². The molecular weight excluding hydrogens is 282 g/mol. The number of aliphatic hydroxyl groups excluding tert-OH is 1. The third-order valence-electron chi connectivity index (χ3n) is 4.50. The molecule has 0 radical (unpaired) electrons. The van der Waals surface area contributed by atoms with E-state index in [1.807, 2.05) is 36.3 Å². The predicted molar refractivity (Wildman–Crippen MR) is 87.3 cm³/mol. The number of hydrogen-bond acceptors (Lipinski definition) is 3. The Labute approximate surface area is 131 Å². The molecule has 21 heavy (non-hydrogen) atoms. The van der Waals surface area contributed by atoms with Gasteiger partial charge in [0.1, 0.15) is 0 Å². The molecule has 1 amide bonds. The SMILES string of the molecule is CC/C(C)=C(/C)C(=O)N1CCCC1CC(O)c1cccs1. The fourth-order valence-electron chi connectivity index (χ4n) is 2.87. The van der Waals surface area contributed by atoms with Crippen molar-refractivity contribution in [3.8, 4) is 0 Å². The summed E-state index contributed by atoms with van der Waals surface area (Å²) in [7, 11) is 0. The molecule has 1 aliphatic heterocycles. The van der Waals surface area contributed by atoms with Gasteiger partial charge in [-0.15, -0.1) is 11.3 Å². The van der Waals surface area contributed by atoms with Crippen molar-refractivity contribution in [3.63, 3.8) is 0 Å². The van der Waals surface area contributed by atoms with E-state index in [0.29, 0.717) is 6.42 Å². The molecule has 0 saturated carbocycles. The van der Waals surface area contributed by atoms with E-state index in [4.69, 9.17) is 0 Å². The van der Waals surface area contributed by atoms with E-state index in [1.165, 1.54) is 0 Å². The van der Waals surface area contributed by atoms with Gasteiger partial charge >= 0.3 is 0 Å². The summed E-state index contributed by atoms with van der Waals surface area (Å²) in [5, 5.41) is 12.3. The lowest BCUT2D eigenvalue weighted by molar-refractivity contribution is -0.128. The lowest BCUT2D eigenvalue weighted by Gasteiger charge is -2.27. The Morgan fingerprint density at radius 2 is 2.29 bits per heavy atom. The molecule has 2 rings (SSSR count). The average Bonchev–Trinajstić information content (AvgIpc) is 3.15. The molecule has 1 N–H and O–H groups in total. The lowest BCUT2D eigenvalue weighted by Crippen LogP contribution is -2.37. The Morgan fingerprint density at radius 3 is 2.90 bits per heavy atom. The van der Waals surface area contributed by atoms with Gasteiger partial charge in [-0.1, -0.05) is 18.6 Å². The monoisotopic (exact) mass is 307 g/mol. The summed E-state index contributed by atoms with van der Waals surface area (Å²) in [4.78, 5) is 15.6. The highest BCUT2D eigenvalue weighted by Crippen LogP contribution is 2.30. The van der Waals surface area contributed by atoms with E-state index < -0.39 is 6.10 Å². The Morgan fingerprint density at radius 1 is 1.52 bits per heavy atom. The van der Waals surface area contributed by atoms with E-state index in [2.05, 4.69) is 6.92 Å². The van der Waals surface area contributed by atoms with Crippen LogP contribution in [0, 0.1) is 0 Å². The Kier molecular flexibility index (Phi) is 5.59. The van der Waals surface area contributed by atoms with Crippen molar-refractivity contribution in [1.82, 2.24) is 4.90 Å². The van der Waals surface area contributed by atoms with Gasteiger partial charge < -0.3 is 10.0 Å². The first kappa shape index (κ1) is 16.2. The fourth-order valence-corrected chi connectivity index (χ4v) is 3.59. The number of nitrogens with zero attached hydrogens (tertiary/aromatic N) is 1. The summed E-state index contributed by atoms with van der Waals surface area (Å²) >= 11 is 1.58. The quantitative estimate of drug-likeness (QED) is 0.838. The molecule has 0 aromatic carbocycles. The maximum atomic E-state index is 12.6. The van der Waals surface area contributed by atoms with Crippen molar-refractivity contribution in [2.45, 2.75) is 58.6 Å². The second-order valence-corrected chi connectivity index (χ2v) is 6.80. The smallest absolute Gasteiger partial charge is 0.249 e. The number of hydrogen-bond donors (Lipinski definition) is 1. The minimum absolute atomic E-state index is 0.148. The van der Waals surface area contributed by atoms with Crippen LogP contribution in [0.4, 0.5) is 0 Å². The van der Waals surface area contributed by atoms with Gasteiger partial charge in [0, 0.05) is 23.0 Å². The molecule has 1 aromatic rings. The van der Waals surface area contributed by atoms with Gasteiger partial charge in [0.2, 0.25) is 5.91 Å². The van der Waals surface area contributed by atoms with Gasteiger partial charge in [0.05, 0.1) is 6.10 Å². The highest BCUT2D eigenvalue weighted by Gasteiger charge is 2.31. The van der Waals surface area contributed by atoms with Crippen LogP contribution >= 0.6 is 11.3 Å². The topological polar surface area (TPSA) is 40.5 Å². The zero-order valence-corrected chi connectivity index (χ0v) is 13.9. The minimum Gasteiger partial charge on any atom is -0.387 e. The first-order valence-corrected chi connectivity index (χ1v) is 8.61. The molecule has 0 bridgehead atoms. The molecule has 1 aliphatic rings. The van der Waals surface area contributed by atoms with Gasteiger partial charge in [-0.2, -0.15) is 0 Å². The zero-order valence-electron chi connectivity index (χ0n) is 13.1. The summed E-state index contributed by atoms with van der Waals surface area (Å²) in [5.74, 6) is 0.148. The van der Waals surface area contributed by atoms with Crippen molar-refractivity contribution in [3.05, 3.63) is 33.5 Å². The van der Waals surface area contributed by atoms with Crippen LogP contribution in [-0.2, 0) is 4.79 Å². The Bertz CT molecular complexity index is 507. The predicted octanol–water partition coefficient (Wildman–Crippen LogP) is 3.91. The van der Waals surface area contributed by atoms with Crippen LogP contribution < -0.4 is 0 Å². The molecular formula is C17H25NO2S. The van der Waals surface area contributed by atoms with E-state index >= 15 is 0 Å². The van der Waals surface area contributed by atoms with Crippen LogP contribution in [0.15, 0.2) is 28.7 Å². The molecule has 1 aromatic heterocycles. The van der Waals surface area contributed by atoms with Gasteiger partial charge in [0.25, 0.3) is 0 Å². The number of carbonyl (C=O) groups is 1. The summed E-state index contributed by atoms with van der Waals surface area (Å²) in [6.45, 7) is 6.84.